The van der Waals surface area contributed by atoms with Gasteiger partial charge in [0.25, 0.3) is 0 Å². The normalized spacial score (nSPS) is 10.3. The molecule has 15 heavy (non-hydrogen) atoms. The second kappa shape index (κ2) is 4.02. The van der Waals surface area contributed by atoms with Gasteiger partial charge < -0.3 is 0 Å². The maximum atomic E-state index is 4.01. The Morgan fingerprint density at radius 1 is 1.00 bits per heavy atom. The fourth-order valence-corrected chi connectivity index (χ4v) is 1.60. The van der Waals surface area contributed by atoms with E-state index in [4.69, 9.17) is 0 Å². The number of aryl methyl sites for hydroxylation is 1. The highest BCUT2D eigenvalue weighted by Gasteiger charge is 2.07. The van der Waals surface area contributed by atoms with Crippen molar-refractivity contribution < 1.29 is 0 Å². The molecule has 0 aliphatic heterocycles. The second-order valence-corrected chi connectivity index (χ2v) is 4.04. The topological polar surface area (TPSA) is 51.6 Å². The fourth-order valence-electron chi connectivity index (χ4n) is 1.24. The minimum Gasteiger partial charge on any atom is -0.131 e. The average molecular weight is 265 g/mol. The monoisotopic (exact) mass is 264 g/mol. The highest BCUT2D eigenvalue weighted by Crippen LogP contribution is 2.25. The molecule has 0 saturated heterocycles. The maximum absolute atomic E-state index is 4.01. The number of hydrogen-bond donors (Lipinski definition) is 0. The Hall–Kier alpha value is -1.36. The van der Waals surface area contributed by atoms with E-state index in [1.165, 1.54) is 0 Å². The molecule has 1 aromatic heterocycles. The Morgan fingerprint density at radius 3 is 2.33 bits per heavy atom. The van der Waals surface area contributed by atoms with Crippen molar-refractivity contribution in [1.82, 2.24) is 20.4 Å². The summed E-state index contributed by atoms with van der Waals surface area (Å²) in [6, 6.07) is 5.87. The van der Waals surface area contributed by atoms with Crippen molar-refractivity contribution >= 4 is 15.9 Å². The Balaban J connectivity index is 2.54. The molecule has 0 bridgehead atoms. The Kier molecular flexibility index (Phi) is 2.73. The highest BCUT2D eigenvalue weighted by molar-refractivity contribution is 9.10. The molecule has 0 spiro atoms. The molecule has 0 aliphatic rings. The minimum absolute atomic E-state index is 0.555. The lowest BCUT2D eigenvalue weighted by molar-refractivity contribution is 0.815. The van der Waals surface area contributed by atoms with E-state index in [1.807, 2.05) is 25.1 Å². The number of halogens is 1. The molecule has 0 amide bonds. The highest BCUT2D eigenvalue weighted by atomic mass is 79.9. The van der Waals surface area contributed by atoms with Crippen LogP contribution in [-0.4, -0.2) is 20.4 Å². The van der Waals surface area contributed by atoms with Crippen LogP contribution in [0.1, 0.15) is 11.4 Å². The van der Waals surface area contributed by atoms with Crippen LogP contribution in [-0.2, 0) is 0 Å². The van der Waals surface area contributed by atoms with Crippen LogP contribution in [0.4, 0.5) is 0 Å². The molecular weight excluding hydrogens is 256 g/mol. The van der Waals surface area contributed by atoms with Gasteiger partial charge in [0.15, 0.2) is 5.82 Å². The van der Waals surface area contributed by atoms with Crippen molar-refractivity contribution in [2.45, 2.75) is 13.8 Å². The van der Waals surface area contributed by atoms with Gasteiger partial charge in [-0.3, -0.25) is 0 Å². The molecule has 0 aliphatic carbocycles. The zero-order chi connectivity index (χ0) is 10.8. The van der Waals surface area contributed by atoms with Crippen molar-refractivity contribution in [3.8, 4) is 11.4 Å². The number of hydrogen-bond acceptors (Lipinski definition) is 4. The third kappa shape index (κ3) is 2.02. The van der Waals surface area contributed by atoms with Crippen molar-refractivity contribution in [3.05, 3.63) is 34.1 Å². The summed E-state index contributed by atoms with van der Waals surface area (Å²) >= 11 is 3.46. The predicted octanol–water partition coefficient (Wildman–Crippen LogP) is 2.31. The summed E-state index contributed by atoms with van der Waals surface area (Å²) in [6.45, 7) is 3.76. The first-order valence-electron chi connectivity index (χ1n) is 4.48. The Bertz CT molecular complexity index is 481. The number of nitrogens with zero attached hydrogens (tertiary/aromatic N) is 4. The van der Waals surface area contributed by atoms with Crippen molar-refractivity contribution in [2.24, 2.45) is 0 Å². The standard InChI is InChI=1S/C10H9BrN4/c1-6-8(4-3-5-9(6)11)10-14-12-7(2)13-15-10/h3-5H,1-2H3. The largest absolute Gasteiger partial charge is 0.203 e. The van der Waals surface area contributed by atoms with Crippen LogP contribution in [0.25, 0.3) is 11.4 Å². The molecule has 0 N–H and O–H groups in total. The lowest BCUT2D eigenvalue weighted by Gasteiger charge is -2.04. The zero-order valence-electron chi connectivity index (χ0n) is 8.40. The van der Waals surface area contributed by atoms with E-state index in [1.54, 1.807) is 6.92 Å². The summed E-state index contributed by atoms with van der Waals surface area (Å²) in [6.07, 6.45) is 0. The summed E-state index contributed by atoms with van der Waals surface area (Å²) in [4.78, 5) is 0. The van der Waals surface area contributed by atoms with Crippen LogP contribution in [0.15, 0.2) is 22.7 Å². The molecular formula is C10H9BrN4. The quantitative estimate of drug-likeness (QED) is 0.793. The summed E-state index contributed by atoms with van der Waals surface area (Å²) < 4.78 is 1.03. The fraction of sp³-hybridized carbons (Fsp3) is 0.200. The molecule has 0 unspecified atom stereocenters. The van der Waals surface area contributed by atoms with Gasteiger partial charge in [0, 0.05) is 10.0 Å². The van der Waals surface area contributed by atoms with E-state index in [-0.39, 0.29) is 0 Å². The van der Waals surface area contributed by atoms with Crippen molar-refractivity contribution in [3.63, 3.8) is 0 Å². The van der Waals surface area contributed by atoms with Gasteiger partial charge in [-0.25, -0.2) is 0 Å². The van der Waals surface area contributed by atoms with Crippen molar-refractivity contribution in [1.29, 1.82) is 0 Å². The number of aromatic nitrogens is 4. The number of rotatable bonds is 1. The molecule has 0 atom stereocenters. The molecule has 76 valence electrons. The van der Waals surface area contributed by atoms with E-state index in [9.17, 15) is 0 Å². The molecule has 2 rings (SSSR count). The van der Waals surface area contributed by atoms with Crippen LogP contribution in [0.5, 0.6) is 0 Å². The number of benzene rings is 1. The zero-order valence-corrected chi connectivity index (χ0v) is 9.98. The smallest absolute Gasteiger partial charge is 0.131 e. The Labute approximate surface area is 95.9 Å². The first kappa shape index (κ1) is 10.2. The van der Waals surface area contributed by atoms with Crippen molar-refractivity contribution in [2.75, 3.05) is 0 Å². The summed E-state index contributed by atoms with van der Waals surface area (Å²) in [5, 5.41) is 15.8. The van der Waals surface area contributed by atoms with Gasteiger partial charge in [0.2, 0.25) is 5.82 Å². The third-order valence-electron chi connectivity index (χ3n) is 2.09. The van der Waals surface area contributed by atoms with Gasteiger partial charge in [0.05, 0.1) is 0 Å². The van der Waals surface area contributed by atoms with E-state index in [0.717, 1.165) is 15.6 Å². The van der Waals surface area contributed by atoms with E-state index < -0.39 is 0 Å². The minimum atomic E-state index is 0.555. The third-order valence-corrected chi connectivity index (χ3v) is 2.95. The molecule has 2 aromatic rings. The van der Waals surface area contributed by atoms with Gasteiger partial charge in [0.1, 0.15) is 0 Å². The lowest BCUT2D eigenvalue weighted by Crippen LogP contribution is -1.99. The summed E-state index contributed by atoms with van der Waals surface area (Å²) in [5.74, 6) is 1.13. The van der Waals surface area contributed by atoms with E-state index in [2.05, 4.69) is 36.3 Å². The van der Waals surface area contributed by atoms with E-state index >= 15 is 0 Å². The van der Waals surface area contributed by atoms with Crippen LogP contribution in [0, 0.1) is 13.8 Å². The van der Waals surface area contributed by atoms with Gasteiger partial charge >= 0.3 is 0 Å². The van der Waals surface area contributed by atoms with Gasteiger partial charge in [-0.05, 0) is 25.5 Å². The molecule has 4 nitrogen and oxygen atoms in total. The summed E-state index contributed by atoms with van der Waals surface area (Å²) in [5.41, 5.74) is 2.04. The molecule has 5 heteroatoms. The molecule has 0 radical (unpaired) electrons. The first-order valence-corrected chi connectivity index (χ1v) is 5.27. The SMILES string of the molecule is Cc1nnc(-c2cccc(Br)c2C)nn1. The van der Waals surface area contributed by atoms with Gasteiger partial charge in [-0.1, -0.05) is 28.1 Å². The van der Waals surface area contributed by atoms with Crippen LogP contribution < -0.4 is 0 Å². The van der Waals surface area contributed by atoms with Crippen LogP contribution >= 0.6 is 15.9 Å². The Morgan fingerprint density at radius 2 is 1.67 bits per heavy atom. The van der Waals surface area contributed by atoms with Gasteiger partial charge in [-0.2, -0.15) is 0 Å². The van der Waals surface area contributed by atoms with Crippen LogP contribution in [0.3, 0.4) is 0 Å². The molecule has 1 heterocycles. The van der Waals surface area contributed by atoms with Crippen LogP contribution in [0.2, 0.25) is 0 Å². The molecule has 0 fully saturated rings. The maximum Gasteiger partial charge on any atom is 0.203 e. The lowest BCUT2D eigenvalue weighted by atomic mass is 10.1. The first-order chi connectivity index (χ1) is 7.18. The van der Waals surface area contributed by atoms with Gasteiger partial charge in [-0.15, -0.1) is 20.4 Å². The average Bonchev–Trinajstić information content (AvgIpc) is 2.24. The molecule has 0 saturated carbocycles. The predicted molar refractivity (Wildman–Crippen MR) is 60.2 cm³/mol. The summed E-state index contributed by atoms with van der Waals surface area (Å²) in [7, 11) is 0. The molecule has 1 aromatic carbocycles. The van der Waals surface area contributed by atoms with E-state index in [0.29, 0.717) is 11.6 Å². The second-order valence-electron chi connectivity index (χ2n) is 3.18.